The Morgan fingerprint density at radius 3 is 2.41 bits per heavy atom. The quantitative estimate of drug-likeness (QED) is 0.378. The lowest BCUT2D eigenvalue weighted by Gasteiger charge is -2.14. The largest absolute Gasteiger partial charge is 0.493 e. The number of allylic oxidation sites excluding steroid dienone is 1. The first-order valence-corrected chi connectivity index (χ1v) is 9.78. The van der Waals surface area contributed by atoms with Crippen molar-refractivity contribution >= 4 is 29.2 Å². The normalized spacial score (nSPS) is 10.7. The van der Waals surface area contributed by atoms with Crippen LogP contribution in [0.1, 0.15) is 32.6 Å². The minimum atomic E-state index is -1.04. The molecule has 0 atom stereocenters. The number of hydrogen-bond donors (Lipinski definition) is 1. The summed E-state index contributed by atoms with van der Waals surface area (Å²) in [7, 11) is 1.48. The topological polar surface area (TPSA) is 103 Å². The molecule has 0 fully saturated rings. The van der Waals surface area contributed by atoms with Crippen LogP contribution in [-0.4, -0.2) is 18.2 Å². The third kappa shape index (κ3) is 5.07. The number of hydrogen-bond acceptors (Lipinski definition) is 5. The lowest BCUT2D eigenvalue weighted by Crippen LogP contribution is -2.01. The smallest absolute Gasteiger partial charge is 0.335 e. The first kappa shape index (κ1) is 22.4. The van der Waals surface area contributed by atoms with Crippen LogP contribution in [0.15, 0.2) is 60.7 Å². The summed E-state index contributed by atoms with van der Waals surface area (Å²) < 4.78 is 11.3. The van der Waals surface area contributed by atoms with E-state index in [4.69, 9.17) is 26.2 Å². The molecule has 0 heterocycles. The second kappa shape index (κ2) is 10.2. The number of rotatable bonds is 7. The van der Waals surface area contributed by atoms with Crippen LogP contribution in [0.5, 0.6) is 11.5 Å². The van der Waals surface area contributed by atoms with Gasteiger partial charge in [-0.3, -0.25) is 0 Å². The molecule has 3 aromatic carbocycles. The number of ether oxygens (including phenoxy) is 2. The number of carboxylic acids is 1. The third-order valence-corrected chi connectivity index (χ3v) is 4.92. The van der Waals surface area contributed by atoms with Crippen molar-refractivity contribution in [2.75, 3.05) is 7.11 Å². The summed E-state index contributed by atoms with van der Waals surface area (Å²) >= 11 is 6.43. The van der Waals surface area contributed by atoms with E-state index >= 15 is 0 Å². The molecule has 0 unspecified atom stereocenters. The van der Waals surface area contributed by atoms with Crippen molar-refractivity contribution in [1.82, 2.24) is 0 Å². The SMILES string of the molecule is COc1cc(C=C(C#N)c2ccc(C(=O)O)cc2)cc(Cl)c1OCc1ccccc1C#N. The molecule has 0 aromatic heterocycles. The van der Waals surface area contributed by atoms with Gasteiger partial charge < -0.3 is 14.6 Å². The van der Waals surface area contributed by atoms with Crippen molar-refractivity contribution < 1.29 is 19.4 Å². The van der Waals surface area contributed by atoms with Gasteiger partial charge in [0.15, 0.2) is 11.5 Å². The molecule has 0 amide bonds. The van der Waals surface area contributed by atoms with Crippen LogP contribution in [0.3, 0.4) is 0 Å². The van der Waals surface area contributed by atoms with Crippen LogP contribution in [-0.2, 0) is 6.61 Å². The van der Waals surface area contributed by atoms with E-state index in [2.05, 4.69) is 12.1 Å². The second-order valence-corrected chi connectivity index (χ2v) is 7.05. The Morgan fingerprint density at radius 2 is 1.78 bits per heavy atom. The van der Waals surface area contributed by atoms with E-state index in [0.717, 1.165) is 0 Å². The maximum atomic E-state index is 11.0. The van der Waals surface area contributed by atoms with Crippen molar-refractivity contribution in [2.24, 2.45) is 0 Å². The van der Waals surface area contributed by atoms with Gasteiger partial charge in [0.1, 0.15) is 6.61 Å². The van der Waals surface area contributed by atoms with E-state index in [1.54, 1.807) is 48.5 Å². The molecule has 0 aliphatic rings. The maximum Gasteiger partial charge on any atom is 0.335 e. The van der Waals surface area contributed by atoms with Gasteiger partial charge in [-0.1, -0.05) is 41.9 Å². The summed E-state index contributed by atoms with van der Waals surface area (Å²) in [6.07, 6.45) is 1.62. The average Bonchev–Trinajstić information content (AvgIpc) is 2.81. The second-order valence-electron chi connectivity index (χ2n) is 6.64. The van der Waals surface area contributed by atoms with Gasteiger partial charge in [-0.2, -0.15) is 10.5 Å². The average molecular weight is 445 g/mol. The molecule has 6 nitrogen and oxygen atoms in total. The van der Waals surface area contributed by atoms with E-state index < -0.39 is 5.97 Å². The van der Waals surface area contributed by atoms with E-state index in [1.807, 2.05) is 6.07 Å². The minimum Gasteiger partial charge on any atom is -0.493 e. The van der Waals surface area contributed by atoms with Gasteiger partial charge in [-0.25, -0.2) is 4.79 Å². The van der Waals surface area contributed by atoms with Crippen molar-refractivity contribution in [2.45, 2.75) is 6.61 Å². The Labute approximate surface area is 190 Å². The van der Waals surface area contributed by atoms with Crippen molar-refractivity contribution in [3.05, 3.63) is 93.5 Å². The molecule has 0 saturated heterocycles. The molecule has 32 heavy (non-hydrogen) atoms. The van der Waals surface area contributed by atoms with Crippen LogP contribution in [0.2, 0.25) is 5.02 Å². The molecular weight excluding hydrogens is 428 g/mol. The lowest BCUT2D eigenvalue weighted by atomic mass is 10.0. The zero-order valence-electron chi connectivity index (χ0n) is 17.0. The minimum absolute atomic E-state index is 0.133. The summed E-state index contributed by atoms with van der Waals surface area (Å²) in [4.78, 5) is 11.0. The van der Waals surface area contributed by atoms with Crippen LogP contribution in [0, 0.1) is 22.7 Å². The highest BCUT2D eigenvalue weighted by Gasteiger charge is 2.14. The van der Waals surface area contributed by atoms with Gasteiger partial charge in [-0.15, -0.1) is 0 Å². The molecule has 0 aliphatic carbocycles. The first-order valence-electron chi connectivity index (χ1n) is 9.40. The number of methoxy groups -OCH3 is 1. The Bertz CT molecular complexity index is 1270. The maximum absolute atomic E-state index is 11.0. The van der Waals surface area contributed by atoms with Gasteiger partial charge in [0, 0.05) is 5.56 Å². The molecule has 0 radical (unpaired) electrons. The standard InChI is InChI=1S/C25H17ClN2O4/c1-31-23-12-16(10-21(14-28)17-6-8-18(9-7-17)25(29)30)11-22(26)24(23)32-15-20-5-3-2-4-19(20)13-27/h2-12H,15H2,1H3,(H,29,30). The molecule has 0 spiro atoms. The molecule has 0 aliphatic heterocycles. The summed E-state index contributed by atoms with van der Waals surface area (Å²) in [6, 6.07) is 20.7. The molecule has 0 saturated carbocycles. The zero-order valence-corrected chi connectivity index (χ0v) is 17.8. The number of nitrogens with zero attached hydrogens (tertiary/aromatic N) is 2. The Morgan fingerprint density at radius 1 is 1.09 bits per heavy atom. The van der Waals surface area contributed by atoms with Crippen LogP contribution >= 0.6 is 11.6 Å². The van der Waals surface area contributed by atoms with Gasteiger partial charge in [-0.05, 0) is 47.5 Å². The van der Waals surface area contributed by atoms with E-state index in [9.17, 15) is 15.3 Å². The monoisotopic (exact) mass is 444 g/mol. The summed E-state index contributed by atoms with van der Waals surface area (Å²) in [5.74, 6) is -0.344. The Hall–Kier alpha value is -4.26. The predicted molar refractivity (Wildman–Crippen MR) is 120 cm³/mol. The summed E-state index contributed by atoms with van der Waals surface area (Å²) in [5.41, 5.74) is 2.87. The number of halogens is 1. The molecule has 0 bridgehead atoms. The van der Waals surface area contributed by atoms with Crippen LogP contribution in [0.25, 0.3) is 11.6 Å². The fourth-order valence-corrected chi connectivity index (χ4v) is 3.28. The van der Waals surface area contributed by atoms with Gasteiger partial charge >= 0.3 is 5.97 Å². The summed E-state index contributed by atoms with van der Waals surface area (Å²) in [6.45, 7) is 0.133. The molecule has 158 valence electrons. The highest BCUT2D eigenvalue weighted by atomic mass is 35.5. The Balaban J connectivity index is 1.90. The summed E-state index contributed by atoms with van der Waals surface area (Å²) in [5, 5.41) is 28.1. The molecule has 1 N–H and O–H groups in total. The molecule has 3 rings (SSSR count). The van der Waals surface area contributed by atoms with Gasteiger partial charge in [0.25, 0.3) is 0 Å². The number of carboxylic acid groups (broad SMARTS) is 1. The van der Waals surface area contributed by atoms with Crippen molar-refractivity contribution in [3.63, 3.8) is 0 Å². The van der Waals surface area contributed by atoms with Gasteiger partial charge in [0.05, 0.1) is 41.0 Å². The molecule has 7 heteroatoms. The third-order valence-electron chi connectivity index (χ3n) is 4.64. The first-order chi connectivity index (χ1) is 15.5. The highest BCUT2D eigenvalue weighted by Crippen LogP contribution is 2.38. The van der Waals surface area contributed by atoms with E-state index in [0.29, 0.717) is 39.3 Å². The van der Waals surface area contributed by atoms with E-state index in [1.165, 1.54) is 19.2 Å². The number of aromatic carboxylic acids is 1. The fraction of sp³-hybridized carbons (Fsp3) is 0.0800. The molecule has 3 aromatic rings. The zero-order chi connectivity index (χ0) is 23.1. The van der Waals surface area contributed by atoms with Crippen LogP contribution in [0.4, 0.5) is 0 Å². The van der Waals surface area contributed by atoms with Crippen molar-refractivity contribution in [3.8, 4) is 23.6 Å². The van der Waals surface area contributed by atoms with Crippen molar-refractivity contribution in [1.29, 1.82) is 10.5 Å². The predicted octanol–water partition coefficient (Wildman–Crippen LogP) is 5.56. The van der Waals surface area contributed by atoms with Crippen LogP contribution < -0.4 is 9.47 Å². The van der Waals surface area contributed by atoms with Gasteiger partial charge in [0.2, 0.25) is 0 Å². The van der Waals surface area contributed by atoms with E-state index in [-0.39, 0.29) is 17.2 Å². The number of nitriles is 2. The Kier molecular flexibility index (Phi) is 7.13. The lowest BCUT2D eigenvalue weighted by molar-refractivity contribution is 0.0697. The fourth-order valence-electron chi connectivity index (χ4n) is 3.01. The highest BCUT2D eigenvalue weighted by molar-refractivity contribution is 6.32. The molecular formula is C25H17ClN2O4. The number of carbonyl (C=O) groups is 1. The number of benzene rings is 3.